The molecule has 1 aliphatic rings. The van der Waals surface area contributed by atoms with Crippen LogP contribution in [-0.4, -0.2) is 6.54 Å². The third-order valence-electron chi connectivity index (χ3n) is 4.75. The van der Waals surface area contributed by atoms with Crippen molar-refractivity contribution in [2.75, 3.05) is 6.54 Å². The minimum absolute atomic E-state index is 0.00155. The highest BCUT2D eigenvalue weighted by atomic mass is 14.6. The smallest absolute Gasteiger partial charge is 0.0330 e. The maximum Gasteiger partial charge on any atom is 0.0330 e. The third kappa shape index (κ3) is 1.97. The number of hydrogen-bond donors (Lipinski definition) is 1. The van der Waals surface area contributed by atoms with Crippen LogP contribution in [0.15, 0.2) is 48.5 Å². The summed E-state index contributed by atoms with van der Waals surface area (Å²) in [5, 5.41) is 0. The van der Waals surface area contributed by atoms with E-state index < -0.39 is 0 Å². The monoisotopic (exact) mass is 265 g/mol. The first-order chi connectivity index (χ1) is 9.81. The van der Waals surface area contributed by atoms with Crippen molar-refractivity contribution in [2.24, 2.45) is 5.73 Å². The van der Waals surface area contributed by atoms with Crippen molar-refractivity contribution < 1.29 is 0 Å². The average Bonchev–Trinajstić information content (AvgIpc) is 2.64. The Morgan fingerprint density at radius 1 is 0.900 bits per heavy atom. The Morgan fingerprint density at radius 3 is 1.85 bits per heavy atom. The van der Waals surface area contributed by atoms with Crippen molar-refractivity contribution in [3.63, 3.8) is 0 Å². The molecule has 3 rings (SSSR count). The van der Waals surface area contributed by atoms with Gasteiger partial charge in [0.25, 0.3) is 0 Å². The number of aryl methyl sites for hydroxylation is 2. The highest BCUT2D eigenvalue weighted by Gasteiger charge is 2.36. The van der Waals surface area contributed by atoms with E-state index in [0.29, 0.717) is 6.54 Å². The Bertz CT molecular complexity index is 553. The fraction of sp³-hybridized carbons (Fsp3) is 0.368. The van der Waals surface area contributed by atoms with Crippen molar-refractivity contribution in [2.45, 2.75) is 38.0 Å². The molecule has 0 atom stereocenters. The van der Waals surface area contributed by atoms with Gasteiger partial charge in [-0.05, 0) is 41.5 Å². The molecule has 0 fully saturated rings. The first kappa shape index (κ1) is 13.4. The number of benzene rings is 2. The van der Waals surface area contributed by atoms with Crippen LogP contribution in [0.25, 0.3) is 0 Å². The molecule has 0 heterocycles. The lowest BCUT2D eigenvalue weighted by molar-refractivity contribution is 0.474. The van der Waals surface area contributed by atoms with Gasteiger partial charge in [0, 0.05) is 12.0 Å². The van der Waals surface area contributed by atoms with Gasteiger partial charge in [0.15, 0.2) is 0 Å². The Balaban J connectivity index is 2.28. The van der Waals surface area contributed by atoms with Crippen molar-refractivity contribution >= 4 is 0 Å². The molecule has 0 unspecified atom stereocenters. The van der Waals surface area contributed by atoms with E-state index in [-0.39, 0.29) is 5.41 Å². The van der Waals surface area contributed by atoms with E-state index in [9.17, 15) is 0 Å². The molecule has 0 bridgehead atoms. The maximum absolute atomic E-state index is 6.32. The summed E-state index contributed by atoms with van der Waals surface area (Å²) in [6.07, 6.45) is 4.52. The summed E-state index contributed by atoms with van der Waals surface area (Å²) in [6.45, 7) is 2.95. The molecule has 2 N–H and O–H groups in total. The molecule has 2 aromatic rings. The van der Waals surface area contributed by atoms with Crippen LogP contribution in [0.3, 0.4) is 0 Å². The predicted molar refractivity (Wildman–Crippen MR) is 85.0 cm³/mol. The second-order valence-corrected chi connectivity index (χ2v) is 5.85. The molecule has 1 aliphatic carbocycles. The van der Waals surface area contributed by atoms with Crippen LogP contribution in [0, 0.1) is 0 Å². The molecule has 0 aliphatic heterocycles. The van der Waals surface area contributed by atoms with Crippen LogP contribution in [0.5, 0.6) is 0 Å². The molecule has 20 heavy (non-hydrogen) atoms. The largest absolute Gasteiger partial charge is 0.329 e. The number of rotatable bonds is 3. The fourth-order valence-electron chi connectivity index (χ4n) is 3.84. The van der Waals surface area contributed by atoms with E-state index in [1.54, 1.807) is 0 Å². The molecule has 1 heteroatoms. The summed E-state index contributed by atoms with van der Waals surface area (Å²) in [5.74, 6) is 0. The zero-order chi connectivity index (χ0) is 14.0. The average molecular weight is 265 g/mol. The van der Waals surface area contributed by atoms with E-state index in [1.165, 1.54) is 22.3 Å². The number of hydrogen-bond acceptors (Lipinski definition) is 1. The van der Waals surface area contributed by atoms with E-state index in [2.05, 4.69) is 55.5 Å². The quantitative estimate of drug-likeness (QED) is 0.896. The van der Waals surface area contributed by atoms with E-state index >= 15 is 0 Å². The highest BCUT2D eigenvalue weighted by molar-refractivity contribution is 5.50. The van der Waals surface area contributed by atoms with Crippen LogP contribution < -0.4 is 5.73 Å². The standard InChI is InChI=1S/C19H23N/c1-2-13-19(14-20)17-9-5-3-7-15(17)11-12-16-8-4-6-10-18(16)19/h3-10H,2,11-14,20H2,1H3. The summed E-state index contributed by atoms with van der Waals surface area (Å²) in [6, 6.07) is 17.8. The van der Waals surface area contributed by atoms with Gasteiger partial charge in [-0.15, -0.1) is 0 Å². The molecule has 0 amide bonds. The topological polar surface area (TPSA) is 26.0 Å². The Labute approximate surface area is 121 Å². The zero-order valence-electron chi connectivity index (χ0n) is 12.2. The van der Waals surface area contributed by atoms with Crippen molar-refractivity contribution in [1.82, 2.24) is 0 Å². The first-order valence-corrected chi connectivity index (χ1v) is 7.68. The molecule has 1 nitrogen and oxygen atoms in total. The van der Waals surface area contributed by atoms with Gasteiger partial charge in [0.2, 0.25) is 0 Å². The van der Waals surface area contributed by atoms with Gasteiger partial charge in [0.1, 0.15) is 0 Å². The summed E-state index contributed by atoms with van der Waals surface area (Å²) < 4.78 is 0. The second-order valence-electron chi connectivity index (χ2n) is 5.85. The van der Waals surface area contributed by atoms with Gasteiger partial charge in [-0.3, -0.25) is 0 Å². The first-order valence-electron chi connectivity index (χ1n) is 7.68. The fourth-order valence-corrected chi connectivity index (χ4v) is 3.84. The number of fused-ring (bicyclic) bond motifs is 2. The molecule has 0 radical (unpaired) electrons. The maximum atomic E-state index is 6.32. The SMILES string of the molecule is CCCC1(CN)c2ccccc2CCc2ccccc21. The lowest BCUT2D eigenvalue weighted by atomic mass is 9.70. The normalized spacial score (nSPS) is 16.1. The summed E-state index contributed by atoms with van der Waals surface area (Å²) in [4.78, 5) is 0. The molecule has 0 spiro atoms. The van der Waals surface area contributed by atoms with Gasteiger partial charge < -0.3 is 5.73 Å². The molecule has 2 aromatic carbocycles. The lowest BCUT2D eigenvalue weighted by Gasteiger charge is -2.35. The highest BCUT2D eigenvalue weighted by Crippen LogP contribution is 2.42. The van der Waals surface area contributed by atoms with Crippen molar-refractivity contribution in [1.29, 1.82) is 0 Å². The molecular weight excluding hydrogens is 242 g/mol. The van der Waals surface area contributed by atoms with Crippen LogP contribution in [0.2, 0.25) is 0 Å². The molecular formula is C19H23N. The van der Waals surface area contributed by atoms with Crippen molar-refractivity contribution in [3.8, 4) is 0 Å². The second kappa shape index (κ2) is 5.41. The predicted octanol–water partition coefficient (Wildman–Crippen LogP) is 3.83. The minimum Gasteiger partial charge on any atom is -0.329 e. The van der Waals surface area contributed by atoms with E-state index in [0.717, 1.165) is 25.7 Å². The number of nitrogens with two attached hydrogens (primary N) is 1. The van der Waals surface area contributed by atoms with Gasteiger partial charge in [-0.25, -0.2) is 0 Å². The summed E-state index contributed by atoms with van der Waals surface area (Å²) >= 11 is 0. The van der Waals surface area contributed by atoms with Gasteiger partial charge in [-0.1, -0.05) is 61.9 Å². The van der Waals surface area contributed by atoms with E-state index in [4.69, 9.17) is 5.73 Å². The Morgan fingerprint density at radius 2 is 1.40 bits per heavy atom. The van der Waals surface area contributed by atoms with Gasteiger partial charge >= 0.3 is 0 Å². The summed E-state index contributed by atoms with van der Waals surface area (Å²) in [7, 11) is 0. The summed E-state index contributed by atoms with van der Waals surface area (Å²) in [5.41, 5.74) is 12.2. The molecule has 0 aromatic heterocycles. The Hall–Kier alpha value is -1.60. The van der Waals surface area contributed by atoms with E-state index in [1.807, 2.05) is 0 Å². The van der Waals surface area contributed by atoms with Crippen LogP contribution in [-0.2, 0) is 18.3 Å². The van der Waals surface area contributed by atoms with Crippen LogP contribution in [0.1, 0.15) is 42.0 Å². The lowest BCUT2D eigenvalue weighted by Crippen LogP contribution is -2.37. The van der Waals surface area contributed by atoms with Gasteiger partial charge in [-0.2, -0.15) is 0 Å². The van der Waals surface area contributed by atoms with Crippen LogP contribution >= 0.6 is 0 Å². The Kier molecular flexibility index (Phi) is 3.62. The van der Waals surface area contributed by atoms with Gasteiger partial charge in [0.05, 0.1) is 0 Å². The third-order valence-corrected chi connectivity index (χ3v) is 4.75. The van der Waals surface area contributed by atoms with Crippen LogP contribution in [0.4, 0.5) is 0 Å². The molecule has 0 saturated carbocycles. The zero-order valence-corrected chi connectivity index (χ0v) is 12.2. The van der Waals surface area contributed by atoms with Crippen molar-refractivity contribution in [3.05, 3.63) is 70.8 Å². The minimum atomic E-state index is -0.00155. The molecule has 0 saturated heterocycles. The molecule has 104 valence electrons.